The molecule has 0 bridgehead atoms. The van der Waals surface area contributed by atoms with E-state index in [0.29, 0.717) is 22.5 Å². The highest BCUT2D eigenvalue weighted by Gasteiger charge is 2.06. The lowest BCUT2D eigenvalue weighted by Gasteiger charge is -2.11. The first-order chi connectivity index (χ1) is 7.24. The number of hydrogen-bond acceptors (Lipinski definition) is 4. The Labute approximate surface area is 94.1 Å². The Bertz CT molecular complexity index is 160. The molecule has 0 N–H and O–H groups in total. The lowest BCUT2D eigenvalue weighted by atomic mass is 10.3. The predicted octanol–water partition coefficient (Wildman–Crippen LogP) is 1.42. The zero-order chi connectivity index (χ0) is 11.5. The van der Waals surface area contributed by atoms with E-state index < -0.39 is 0 Å². The summed E-state index contributed by atoms with van der Waals surface area (Å²) in [5.41, 5.74) is 0. The Morgan fingerprint density at radius 1 is 1.33 bits per heavy atom. The minimum Gasteiger partial charge on any atom is -0.466 e. The van der Waals surface area contributed by atoms with E-state index in [4.69, 9.17) is 14.2 Å². The van der Waals surface area contributed by atoms with Crippen LogP contribution in [0.15, 0.2) is 0 Å². The summed E-state index contributed by atoms with van der Waals surface area (Å²) in [6, 6.07) is 0.964. The average Bonchev–Trinajstić information content (AvgIpc) is 2.24. The lowest BCUT2D eigenvalue weighted by molar-refractivity contribution is -0.143. The minimum atomic E-state index is -0.114. The van der Waals surface area contributed by atoms with Gasteiger partial charge in [0.25, 0.3) is 0 Å². The molecule has 0 saturated heterocycles. The Morgan fingerprint density at radius 2 is 2.00 bits per heavy atom. The van der Waals surface area contributed by atoms with Crippen molar-refractivity contribution < 1.29 is 19.0 Å². The fraction of sp³-hybridized carbons (Fsp3) is 0.900. The Morgan fingerprint density at radius 3 is 2.53 bits per heavy atom. The summed E-state index contributed by atoms with van der Waals surface area (Å²) in [6.07, 6.45) is 2.23. The smallest absolute Gasteiger partial charge is 0.305 e. The van der Waals surface area contributed by atoms with Gasteiger partial charge >= 0.3 is 5.97 Å². The van der Waals surface area contributed by atoms with Crippen LogP contribution in [0.3, 0.4) is 0 Å². The topological polar surface area (TPSA) is 44.8 Å². The van der Waals surface area contributed by atoms with Crippen molar-refractivity contribution in [2.24, 2.45) is 0 Å². The average molecular weight is 232 g/mol. The quantitative estimate of drug-likeness (QED) is 0.261. The van der Waals surface area contributed by atoms with Crippen LogP contribution in [-0.4, -0.2) is 42.2 Å². The van der Waals surface area contributed by atoms with Gasteiger partial charge in [0.05, 0.1) is 6.61 Å². The van der Waals surface area contributed by atoms with E-state index >= 15 is 0 Å². The number of carbonyl (C=O) groups excluding carboxylic acids is 1. The van der Waals surface area contributed by atoms with Crippen molar-refractivity contribution >= 4 is 15.5 Å². The molecular weight excluding hydrogens is 212 g/mol. The van der Waals surface area contributed by atoms with Gasteiger partial charge in [-0.1, -0.05) is 13.0 Å². The maximum absolute atomic E-state index is 11.0. The number of esters is 1. The molecule has 0 heterocycles. The van der Waals surface area contributed by atoms with E-state index in [1.807, 2.05) is 6.92 Å². The highest BCUT2D eigenvalue weighted by Crippen LogP contribution is 1.98. The minimum absolute atomic E-state index is 0.101. The third kappa shape index (κ3) is 8.59. The first-order valence-corrected chi connectivity index (χ1v) is 6.47. The molecular formula is C10H20O4Si. The molecule has 88 valence electrons. The summed E-state index contributed by atoms with van der Waals surface area (Å²) in [4.78, 5) is 11.0. The SMILES string of the molecule is CCCC(=O)OCCC[Si]C(OC)OC. The van der Waals surface area contributed by atoms with E-state index in [-0.39, 0.29) is 11.9 Å². The molecule has 4 nitrogen and oxygen atoms in total. The highest BCUT2D eigenvalue weighted by molar-refractivity contribution is 6.36. The maximum atomic E-state index is 11.0. The second-order valence-corrected chi connectivity index (χ2v) is 4.46. The van der Waals surface area contributed by atoms with Crippen LogP contribution in [0.5, 0.6) is 0 Å². The van der Waals surface area contributed by atoms with Gasteiger partial charge in [-0.3, -0.25) is 4.79 Å². The largest absolute Gasteiger partial charge is 0.466 e. The molecule has 0 spiro atoms. The van der Waals surface area contributed by atoms with E-state index in [0.717, 1.165) is 18.9 Å². The molecule has 0 unspecified atom stereocenters. The van der Waals surface area contributed by atoms with Crippen LogP contribution < -0.4 is 0 Å². The predicted molar refractivity (Wildman–Crippen MR) is 58.9 cm³/mol. The molecule has 0 saturated carbocycles. The maximum Gasteiger partial charge on any atom is 0.305 e. The summed E-state index contributed by atoms with van der Waals surface area (Å²) < 4.78 is 15.1. The number of carbonyl (C=O) groups is 1. The molecule has 5 heteroatoms. The number of ether oxygens (including phenoxy) is 3. The van der Waals surface area contributed by atoms with Crippen molar-refractivity contribution in [2.45, 2.75) is 38.1 Å². The van der Waals surface area contributed by atoms with Gasteiger partial charge in [-0.2, -0.15) is 0 Å². The molecule has 0 aromatic rings. The van der Waals surface area contributed by atoms with Crippen LogP contribution in [0, 0.1) is 0 Å². The third-order valence-electron chi connectivity index (χ3n) is 1.78. The summed E-state index contributed by atoms with van der Waals surface area (Å²) in [7, 11) is 3.85. The van der Waals surface area contributed by atoms with Gasteiger partial charge in [0.1, 0.15) is 15.4 Å². The fourth-order valence-electron chi connectivity index (χ4n) is 1.02. The second kappa shape index (κ2) is 10.1. The fourth-order valence-corrected chi connectivity index (χ4v) is 1.93. The second-order valence-electron chi connectivity index (χ2n) is 3.08. The van der Waals surface area contributed by atoms with Crippen LogP contribution in [0.4, 0.5) is 0 Å². The first-order valence-electron chi connectivity index (χ1n) is 5.19. The molecule has 2 radical (unpaired) electrons. The van der Waals surface area contributed by atoms with Crippen molar-refractivity contribution in [1.29, 1.82) is 0 Å². The van der Waals surface area contributed by atoms with Gasteiger partial charge in [-0.15, -0.1) is 0 Å². The molecule has 0 aromatic carbocycles. The van der Waals surface area contributed by atoms with Crippen LogP contribution in [0.1, 0.15) is 26.2 Å². The summed E-state index contributed by atoms with van der Waals surface area (Å²) >= 11 is 0. The van der Waals surface area contributed by atoms with Gasteiger partial charge in [0, 0.05) is 20.6 Å². The Hall–Kier alpha value is -0.393. The van der Waals surface area contributed by atoms with Crippen molar-refractivity contribution in [1.82, 2.24) is 0 Å². The van der Waals surface area contributed by atoms with Crippen molar-refractivity contribution in [2.75, 3.05) is 20.8 Å². The van der Waals surface area contributed by atoms with Crippen LogP contribution in [0.2, 0.25) is 6.04 Å². The van der Waals surface area contributed by atoms with Gasteiger partial charge in [0.15, 0.2) is 0 Å². The number of rotatable bonds is 9. The summed E-state index contributed by atoms with van der Waals surface area (Å²) in [5, 5.41) is 0. The monoisotopic (exact) mass is 232 g/mol. The molecule has 0 rings (SSSR count). The van der Waals surface area contributed by atoms with E-state index in [1.165, 1.54) is 0 Å². The van der Waals surface area contributed by atoms with Crippen LogP contribution in [-0.2, 0) is 19.0 Å². The molecule has 0 atom stereocenters. The Balaban J connectivity index is 3.27. The molecule has 0 aliphatic carbocycles. The van der Waals surface area contributed by atoms with Gasteiger partial charge in [-0.25, -0.2) is 0 Å². The molecule has 0 aliphatic heterocycles. The molecule has 0 fully saturated rings. The van der Waals surface area contributed by atoms with Gasteiger partial charge in [-0.05, 0) is 12.8 Å². The van der Waals surface area contributed by atoms with Gasteiger partial charge < -0.3 is 14.2 Å². The van der Waals surface area contributed by atoms with Gasteiger partial charge in [0.2, 0.25) is 0 Å². The summed E-state index contributed by atoms with van der Waals surface area (Å²) in [6.45, 7) is 2.47. The first kappa shape index (κ1) is 14.6. The normalized spacial score (nSPS) is 10.7. The molecule has 0 amide bonds. The molecule has 0 aromatic heterocycles. The number of methoxy groups -OCH3 is 2. The van der Waals surface area contributed by atoms with Crippen molar-refractivity contribution in [3.05, 3.63) is 0 Å². The third-order valence-corrected chi connectivity index (χ3v) is 3.22. The van der Waals surface area contributed by atoms with E-state index in [1.54, 1.807) is 14.2 Å². The molecule has 0 aliphatic rings. The standard InChI is InChI=1S/C10H20O4Si/c1-4-6-9(11)14-7-5-8-15-10(12-2)13-3/h10H,4-8H2,1-3H3. The Kier molecular flexibility index (Phi) is 9.87. The zero-order valence-electron chi connectivity index (χ0n) is 9.75. The summed E-state index contributed by atoms with van der Waals surface area (Å²) in [5.74, 6) is -0.216. The highest BCUT2D eigenvalue weighted by atomic mass is 28.2. The van der Waals surface area contributed by atoms with E-state index in [2.05, 4.69) is 0 Å². The lowest BCUT2D eigenvalue weighted by Crippen LogP contribution is -2.21. The van der Waals surface area contributed by atoms with Crippen LogP contribution in [0.25, 0.3) is 0 Å². The van der Waals surface area contributed by atoms with Crippen LogP contribution >= 0.6 is 0 Å². The zero-order valence-corrected chi connectivity index (χ0v) is 10.7. The van der Waals surface area contributed by atoms with Crippen molar-refractivity contribution in [3.63, 3.8) is 0 Å². The van der Waals surface area contributed by atoms with Crippen molar-refractivity contribution in [3.8, 4) is 0 Å². The number of hydrogen-bond donors (Lipinski definition) is 0. The molecule has 15 heavy (non-hydrogen) atoms. The van der Waals surface area contributed by atoms with E-state index in [9.17, 15) is 4.79 Å².